The van der Waals surface area contributed by atoms with Crippen LogP contribution in [0.15, 0.2) is 47.5 Å². The quantitative estimate of drug-likeness (QED) is 0.714. The molecule has 9 heteroatoms. The van der Waals surface area contributed by atoms with E-state index in [1.807, 2.05) is 6.07 Å². The Morgan fingerprint density at radius 2 is 2.00 bits per heavy atom. The Kier molecular flexibility index (Phi) is 4.81. The molecule has 0 bridgehead atoms. The highest BCUT2D eigenvalue weighted by Crippen LogP contribution is 2.22. The van der Waals surface area contributed by atoms with E-state index in [2.05, 4.69) is 19.0 Å². The molecule has 0 aliphatic heterocycles. The van der Waals surface area contributed by atoms with Gasteiger partial charge in [0.25, 0.3) is 0 Å². The van der Waals surface area contributed by atoms with Crippen molar-refractivity contribution < 1.29 is 13.2 Å². The third kappa shape index (κ3) is 3.74. The number of sulfone groups is 1. The van der Waals surface area contributed by atoms with Gasteiger partial charge in [0, 0.05) is 12.6 Å². The summed E-state index contributed by atoms with van der Waals surface area (Å²) in [5.41, 5.74) is 1.61. The van der Waals surface area contributed by atoms with Crippen molar-refractivity contribution in [2.24, 2.45) is 0 Å². The van der Waals surface area contributed by atoms with Gasteiger partial charge in [0.1, 0.15) is 11.0 Å². The third-order valence-electron chi connectivity index (χ3n) is 3.37. The van der Waals surface area contributed by atoms with Crippen LogP contribution in [0.2, 0.25) is 0 Å². The smallest absolute Gasteiger partial charge is 0.221 e. The average Bonchev–Trinajstić information content (AvgIpc) is 3.07. The van der Waals surface area contributed by atoms with Crippen molar-refractivity contribution >= 4 is 38.5 Å². The van der Waals surface area contributed by atoms with Gasteiger partial charge in [-0.2, -0.15) is 8.75 Å². The molecule has 1 N–H and O–H groups in total. The summed E-state index contributed by atoms with van der Waals surface area (Å²) in [5, 5.41) is 2.66. The molecule has 7 nitrogen and oxygen atoms in total. The van der Waals surface area contributed by atoms with Crippen LogP contribution in [0, 0.1) is 0 Å². The fraction of sp³-hybridized carbons (Fsp3) is 0.200. The van der Waals surface area contributed by atoms with E-state index in [1.165, 1.54) is 6.07 Å². The lowest BCUT2D eigenvalue weighted by Gasteiger charge is -2.06. The lowest BCUT2D eigenvalue weighted by molar-refractivity contribution is -0.120. The molecular weight excluding hydrogens is 348 g/mol. The highest BCUT2D eigenvalue weighted by Gasteiger charge is 2.20. The summed E-state index contributed by atoms with van der Waals surface area (Å²) in [4.78, 5) is 16.1. The SMILES string of the molecule is O=C(CCS(=O)(=O)c1cccc2nsnc12)NCc1ccccn1. The molecule has 0 saturated heterocycles. The fourth-order valence-electron chi connectivity index (χ4n) is 2.15. The number of nitrogens with one attached hydrogen (secondary N) is 1. The number of hydrogen-bond acceptors (Lipinski definition) is 7. The first-order chi connectivity index (χ1) is 11.6. The van der Waals surface area contributed by atoms with E-state index in [9.17, 15) is 13.2 Å². The molecule has 0 unspecified atom stereocenters. The first-order valence-electron chi connectivity index (χ1n) is 7.17. The summed E-state index contributed by atoms with van der Waals surface area (Å²) in [6.45, 7) is 0.269. The zero-order chi connectivity index (χ0) is 17.0. The molecule has 0 aliphatic carbocycles. The number of nitrogens with zero attached hydrogens (tertiary/aromatic N) is 3. The summed E-state index contributed by atoms with van der Waals surface area (Å²) >= 11 is 0.963. The second-order valence-electron chi connectivity index (χ2n) is 5.05. The van der Waals surface area contributed by atoms with Crippen molar-refractivity contribution in [2.75, 3.05) is 5.75 Å². The summed E-state index contributed by atoms with van der Waals surface area (Å²) in [6, 6.07) is 10.2. The van der Waals surface area contributed by atoms with E-state index in [1.54, 1.807) is 30.5 Å². The molecular formula is C15H14N4O3S2. The van der Waals surface area contributed by atoms with Gasteiger partial charge in [0.05, 0.1) is 34.6 Å². The van der Waals surface area contributed by atoms with Gasteiger partial charge in [0.2, 0.25) is 5.91 Å². The Morgan fingerprint density at radius 1 is 1.12 bits per heavy atom. The van der Waals surface area contributed by atoms with Crippen LogP contribution in [0.1, 0.15) is 12.1 Å². The van der Waals surface area contributed by atoms with E-state index < -0.39 is 9.84 Å². The fourth-order valence-corrected chi connectivity index (χ4v) is 4.16. The van der Waals surface area contributed by atoms with E-state index >= 15 is 0 Å². The molecule has 24 heavy (non-hydrogen) atoms. The van der Waals surface area contributed by atoms with E-state index in [0.717, 1.165) is 11.7 Å². The zero-order valence-electron chi connectivity index (χ0n) is 12.5. The molecule has 0 aliphatic rings. The van der Waals surface area contributed by atoms with Gasteiger partial charge >= 0.3 is 0 Å². The number of aromatic nitrogens is 3. The summed E-state index contributed by atoms with van der Waals surface area (Å²) in [5.74, 6) is -0.620. The number of hydrogen-bond donors (Lipinski definition) is 1. The summed E-state index contributed by atoms with van der Waals surface area (Å²) in [6.07, 6.45) is 1.51. The highest BCUT2D eigenvalue weighted by atomic mass is 32.2. The molecule has 124 valence electrons. The Bertz CT molecular complexity index is 955. The predicted octanol–water partition coefficient (Wildman–Crippen LogP) is 1.57. The Balaban J connectivity index is 1.63. The van der Waals surface area contributed by atoms with Crippen molar-refractivity contribution in [3.05, 3.63) is 48.3 Å². The lowest BCUT2D eigenvalue weighted by Crippen LogP contribution is -2.25. The topological polar surface area (TPSA) is 102 Å². The number of amides is 1. The van der Waals surface area contributed by atoms with Crippen LogP contribution in [0.25, 0.3) is 11.0 Å². The zero-order valence-corrected chi connectivity index (χ0v) is 14.2. The molecule has 2 aromatic heterocycles. The number of carbonyl (C=O) groups is 1. The van der Waals surface area contributed by atoms with Crippen molar-refractivity contribution in [1.82, 2.24) is 19.0 Å². The minimum absolute atomic E-state index is 0.117. The van der Waals surface area contributed by atoms with Gasteiger partial charge in [-0.1, -0.05) is 12.1 Å². The molecule has 2 heterocycles. The van der Waals surface area contributed by atoms with Crippen LogP contribution in [0.4, 0.5) is 0 Å². The molecule has 0 fully saturated rings. The minimum atomic E-state index is -3.61. The highest BCUT2D eigenvalue weighted by molar-refractivity contribution is 7.91. The van der Waals surface area contributed by atoms with Gasteiger partial charge in [-0.05, 0) is 24.3 Å². The number of rotatable bonds is 6. The Labute approximate surface area is 143 Å². The van der Waals surface area contributed by atoms with E-state index in [0.29, 0.717) is 16.7 Å². The molecule has 0 radical (unpaired) electrons. The maximum Gasteiger partial charge on any atom is 0.221 e. The minimum Gasteiger partial charge on any atom is -0.350 e. The third-order valence-corrected chi connectivity index (χ3v) is 5.66. The number of carbonyl (C=O) groups excluding carboxylic acids is 1. The summed E-state index contributed by atoms with van der Waals surface area (Å²) in [7, 11) is -3.61. The van der Waals surface area contributed by atoms with Gasteiger partial charge < -0.3 is 5.32 Å². The largest absolute Gasteiger partial charge is 0.350 e. The average molecular weight is 362 g/mol. The van der Waals surface area contributed by atoms with Crippen LogP contribution in [0.5, 0.6) is 0 Å². The number of benzene rings is 1. The number of fused-ring (bicyclic) bond motifs is 1. The van der Waals surface area contributed by atoms with E-state index in [4.69, 9.17) is 0 Å². The normalized spacial score (nSPS) is 11.5. The monoisotopic (exact) mass is 362 g/mol. The van der Waals surface area contributed by atoms with Crippen LogP contribution in [-0.2, 0) is 21.2 Å². The van der Waals surface area contributed by atoms with Crippen molar-refractivity contribution in [3.8, 4) is 0 Å². The lowest BCUT2D eigenvalue weighted by atomic mass is 10.3. The Morgan fingerprint density at radius 3 is 2.79 bits per heavy atom. The molecule has 0 saturated carbocycles. The van der Waals surface area contributed by atoms with Gasteiger partial charge in [-0.3, -0.25) is 9.78 Å². The molecule has 3 rings (SSSR count). The second-order valence-corrected chi connectivity index (χ2v) is 7.66. The first kappa shape index (κ1) is 16.5. The van der Waals surface area contributed by atoms with Crippen LogP contribution in [0.3, 0.4) is 0 Å². The predicted molar refractivity (Wildman–Crippen MR) is 90.2 cm³/mol. The van der Waals surface area contributed by atoms with Crippen LogP contribution >= 0.6 is 11.7 Å². The summed E-state index contributed by atoms with van der Waals surface area (Å²) < 4.78 is 33.0. The maximum absolute atomic E-state index is 12.5. The molecule has 3 aromatic rings. The Hall–Kier alpha value is -2.39. The molecule has 1 amide bonds. The number of pyridine rings is 1. The molecule has 0 spiro atoms. The molecule has 1 aromatic carbocycles. The van der Waals surface area contributed by atoms with Gasteiger partial charge in [0.15, 0.2) is 9.84 Å². The maximum atomic E-state index is 12.5. The second kappa shape index (κ2) is 7.02. The first-order valence-corrected chi connectivity index (χ1v) is 9.55. The van der Waals surface area contributed by atoms with Gasteiger partial charge in [-0.15, -0.1) is 0 Å². The van der Waals surface area contributed by atoms with Crippen LogP contribution in [-0.4, -0.2) is 33.8 Å². The van der Waals surface area contributed by atoms with Gasteiger partial charge in [-0.25, -0.2) is 8.42 Å². The van der Waals surface area contributed by atoms with Crippen molar-refractivity contribution in [1.29, 1.82) is 0 Å². The van der Waals surface area contributed by atoms with E-state index in [-0.39, 0.29) is 29.5 Å². The standard InChI is InChI=1S/C15H14N4O3S2/c20-14(17-10-11-4-1-2-8-16-11)7-9-24(21,22)13-6-3-5-12-15(13)19-23-18-12/h1-6,8H,7,9-10H2,(H,17,20). The van der Waals surface area contributed by atoms with Crippen LogP contribution < -0.4 is 5.32 Å². The van der Waals surface area contributed by atoms with Crippen molar-refractivity contribution in [2.45, 2.75) is 17.9 Å². The molecule has 0 atom stereocenters. The van der Waals surface area contributed by atoms with Crippen molar-refractivity contribution in [3.63, 3.8) is 0 Å².